The average Bonchev–Trinajstić information content (AvgIpc) is 3.24. The van der Waals surface area contributed by atoms with Crippen molar-refractivity contribution in [3.63, 3.8) is 0 Å². The van der Waals surface area contributed by atoms with Gasteiger partial charge in [0.2, 0.25) is 0 Å². The molecule has 6 nitrogen and oxygen atoms in total. The Bertz CT molecular complexity index is 661. The van der Waals surface area contributed by atoms with Crippen LogP contribution >= 0.6 is 11.8 Å². The molecule has 27 heavy (non-hydrogen) atoms. The molecule has 150 valence electrons. The SMILES string of the molecule is C/C=C1/C[C@@H](C)[C@@](C)(OCSC)C(=O)OCC2=CCN3CC[C@@H](OC1=O)[C@@H]23. The Morgan fingerprint density at radius 1 is 1.44 bits per heavy atom. The van der Waals surface area contributed by atoms with E-state index in [2.05, 4.69) is 11.0 Å². The van der Waals surface area contributed by atoms with Crippen LogP contribution in [0.3, 0.4) is 0 Å². The molecule has 0 bridgehead atoms. The third kappa shape index (κ3) is 3.96. The molecule has 0 N–H and O–H groups in total. The van der Waals surface area contributed by atoms with Crippen LogP contribution in [0.15, 0.2) is 23.3 Å². The molecule has 0 aromatic carbocycles. The fraction of sp³-hybridized carbons (Fsp3) is 0.700. The van der Waals surface area contributed by atoms with Gasteiger partial charge in [-0.2, -0.15) is 0 Å². The van der Waals surface area contributed by atoms with E-state index < -0.39 is 5.60 Å². The molecular formula is C20H29NO5S. The highest BCUT2D eigenvalue weighted by atomic mass is 32.2. The molecule has 0 aromatic heterocycles. The lowest BCUT2D eigenvalue weighted by Crippen LogP contribution is -2.47. The van der Waals surface area contributed by atoms with Crippen molar-refractivity contribution in [2.75, 3.05) is 31.9 Å². The molecule has 0 aromatic rings. The molecule has 3 rings (SSSR count). The van der Waals surface area contributed by atoms with E-state index in [0.717, 1.165) is 25.1 Å². The molecule has 2 fully saturated rings. The van der Waals surface area contributed by atoms with Crippen molar-refractivity contribution in [3.05, 3.63) is 23.3 Å². The smallest absolute Gasteiger partial charge is 0.338 e. The number of carbonyl (C=O) groups excluding carboxylic acids is 2. The van der Waals surface area contributed by atoms with E-state index >= 15 is 0 Å². The minimum Gasteiger partial charge on any atom is -0.459 e. The number of rotatable bonds is 3. The van der Waals surface area contributed by atoms with Crippen molar-refractivity contribution in [1.29, 1.82) is 0 Å². The third-order valence-electron chi connectivity index (χ3n) is 6.00. The Kier molecular flexibility index (Phi) is 6.33. The maximum Gasteiger partial charge on any atom is 0.338 e. The minimum atomic E-state index is -1.12. The Labute approximate surface area is 165 Å². The zero-order valence-electron chi connectivity index (χ0n) is 16.5. The lowest BCUT2D eigenvalue weighted by atomic mass is 9.85. The number of thioether (sulfide) groups is 1. The van der Waals surface area contributed by atoms with Crippen LogP contribution in [0.1, 0.15) is 33.6 Å². The Hall–Kier alpha value is -1.31. The molecule has 0 spiro atoms. The first-order valence-electron chi connectivity index (χ1n) is 9.50. The van der Waals surface area contributed by atoms with Crippen LogP contribution in [-0.2, 0) is 23.8 Å². The summed E-state index contributed by atoms with van der Waals surface area (Å²) in [6, 6.07) is 0.00933. The quantitative estimate of drug-likeness (QED) is 0.315. The Morgan fingerprint density at radius 2 is 2.22 bits per heavy atom. The number of hydrogen-bond donors (Lipinski definition) is 0. The monoisotopic (exact) mass is 395 g/mol. The van der Waals surface area contributed by atoms with Gasteiger partial charge in [-0.05, 0) is 44.4 Å². The topological polar surface area (TPSA) is 65.1 Å². The largest absolute Gasteiger partial charge is 0.459 e. The number of esters is 2. The highest BCUT2D eigenvalue weighted by Crippen LogP contribution is 2.35. The van der Waals surface area contributed by atoms with E-state index in [-0.39, 0.29) is 36.6 Å². The van der Waals surface area contributed by atoms with E-state index in [1.54, 1.807) is 13.0 Å². The average molecular weight is 396 g/mol. The van der Waals surface area contributed by atoms with Gasteiger partial charge in [0.15, 0.2) is 5.60 Å². The molecule has 4 atom stereocenters. The lowest BCUT2D eigenvalue weighted by molar-refractivity contribution is -0.174. The predicted molar refractivity (Wildman–Crippen MR) is 104 cm³/mol. The van der Waals surface area contributed by atoms with Crippen LogP contribution in [0.2, 0.25) is 0 Å². The number of hydrogen-bond acceptors (Lipinski definition) is 7. The highest BCUT2D eigenvalue weighted by molar-refractivity contribution is 7.98. The van der Waals surface area contributed by atoms with Crippen molar-refractivity contribution in [1.82, 2.24) is 4.90 Å². The molecular weight excluding hydrogens is 366 g/mol. The predicted octanol–water partition coefficient (Wildman–Crippen LogP) is 2.54. The van der Waals surface area contributed by atoms with Crippen LogP contribution in [0.4, 0.5) is 0 Å². The van der Waals surface area contributed by atoms with Crippen molar-refractivity contribution in [2.24, 2.45) is 5.92 Å². The molecule has 7 heteroatoms. The fourth-order valence-electron chi connectivity index (χ4n) is 4.06. The third-order valence-corrected chi connectivity index (χ3v) is 6.36. The van der Waals surface area contributed by atoms with Crippen molar-refractivity contribution in [3.8, 4) is 0 Å². The molecule has 2 saturated heterocycles. The maximum absolute atomic E-state index is 13.0. The summed E-state index contributed by atoms with van der Waals surface area (Å²) in [6.45, 7) is 7.41. The first kappa shape index (κ1) is 20.4. The molecule has 0 aliphatic carbocycles. The second-order valence-corrected chi connectivity index (χ2v) is 8.42. The van der Waals surface area contributed by atoms with Gasteiger partial charge in [-0.15, -0.1) is 11.8 Å². The first-order chi connectivity index (χ1) is 12.9. The summed E-state index contributed by atoms with van der Waals surface area (Å²) in [5.74, 6) is -0.512. The second kappa shape index (κ2) is 8.37. The molecule has 0 radical (unpaired) electrons. The van der Waals surface area contributed by atoms with E-state index in [1.165, 1.54) is 11.8 Å². The standard InChI is InChI=1S/C20H29NO5S/c1-5-14-10-13(2)20(3,25-12-27-4)19(23)24-11-15-6-8-21-9-7-16(17(15)21)26-18(14)22/h5-6,13,16-17H,7-12H2,1-4H3/b14-5-/t13-,16-,17-,20-/m1/s1. The summed E-state index contributed by atoms with van der Waals surface area (Å²) in [5.41, 5.74) is 0.475. The number of ether oxygens (including phenoxy) is 3. The van der Waals surface area contributed by atoms with Gasteiger partial charge >= 0.3 is 11.9 Å². The van der Waals surface area contributed by atoms with Gasteiger partial charge in [0.25, 0.3) is 0 Å². The number of nitrogens with zero attached hydrogens (tertiary/aromatic N) is 1. The molecule has 3 aliphatic rings. The van der Waals surface area contributed by atoms with E-state index in [4.69, 9.17) is 14.2 Å². The van der Waals surface area contributed by atoms with Crippen molar-refractivity contribution in [2.45, 2.75) is 51.4 Å². The highest BCUT2D eigenvalue weighted by Gasteiger charge is 2.46. The van der Waals surface area contributed by atoms with Crippen LogP contribution in [0.25, 0.3) is 0 Å². The molecule has 0 saturated carbocycles. The molecule has 0 amide bonds. The van der Waals surface area contributed by atoms with Gasteiger partial charge in [0.1, 0.15) is 12.7 Å². The summed E-state index contributed by atoms with van der Waals surface area (Å²) >= 11 is 1.50. The van der Waals surface area contributed by atoms with Gasteiger partial charge in [0, 0.05) is 18.7 Å². The van der Waals surface area contributed by atoms with E-state index in [0.29, 0.717) is 17.9 Å². The van der Waals surface area contributed by atoms with Crippen molar-refractivity contribution >= 4 is 23.7 Å². The minimum absolute atomic E-state index is 0.00933. The van der Waals surface area contributed by atoms with Gasteiger partial charge in [0.05, 0.1) is 12.0 Å². The molecule has 0 unspecified atom stereocenters. The number of carbonyl (C=O) groups is 2. The van der Waals surface area contributed by atoms with Crippen LogP contribution in [-0.4, -0.2) is 66.5 Å². The van der Waals surface area contributed by atoms with Gasteiger partial charge in [-0.25, -0.2) is 9.59 Å². The number of allylic oxidation sites excluding steroid dienone is 1. The Balaban J connectivity index is 1.91. The zero-order chi connectivity index (χ0) is 19.6. The first-order valence-corrected chi connectivity index (χ1v) is 10.9. The number of cyclic esters (lactones) is 1. The van der Waals surface area contributed by atoms with Gasteiger partial charge in [-0.3, -0.25) is 4.90 Å². The van der Waals surface area contributed by atoms with Crippen LogP contribution in [0, 0.1) is 5.92 Å². The molecule has 3 aliphatic heterocycles. The van der Waals surface area contributed by atoms with E-state index in [1.807, 2.05) is 20.1 Å². The van der Waals surface area contributed by atoms with Gasteiger partial charge in [-0.1, -0.05) is 19.1 Å². The van der Waals surface area contributed by atoms with Crippen LogP contribution < -0.4 is 0 Å². The maximum atomic E-state index is 13.0. The zero-order valence-corrected chi connectivity index (χ0v) is 17.3. The Morgan fingerprint density at radius 3 is 2.93 bits per heavy atom. The summed E-state index contributed by atoms with van der Waals surface area (Å²) in [7, 11) is 0. The molecule has 3 heterocycles. The lowest BCUT2D eigenvalue weighted by Gasteiger charge is -2.34. The van der Waals surface area contributed by atoms with E-state index in [9.17, 15) is 9.59 Å². The normalized spacial score (nSPS) is 36.5. The summed E-state index contributed by atoms with van der Waals surface area (Å²) in [4.78, 5) is 28.1. The fourth-order valence-corrected chi connectivity index (χ4v) is 4.42. The summed E-state index contributed by atoms with van der Waals surface area (Å²) in [6.07, 6.45) is 6.81. The summed E-state index contributed by atoms with van der Waals surface area (Å²) in [5, 5.41) is 0. The second-order valence-electron chi connectivity index (χ2n) is 7.60. The van der Waals surface area contributed by atoms with Crippen molar-refractivity contribution < 1.29 is 23.8 Å². The van der Waals surface area contributed by atoms with Crippen LogP contribution in [0.5, 0.6) is 0 Å². The van der Waals surface area contributed by atoms with Gasteiger partial charge < -0.3 is 14.2 Å². The summed E-state index contributed by atoms with van der Waals surface area (Å²) < 4.78 is 17.5.